The molecular formula is C30H34I2N4O10. The molecule has 0 aliphatic carbocycles. The van der Waals surface area contributed by atoms with Crippen LogP contribution >= 0.6 is 45.2 Å². The molecule has 46 heavy (non-hydrogen) atoms. The molecule has 0 unspecified atom stereocenters. The summed E-state index contributed by atoms with van der Waals surface area (Å²) in [6.45, 7) is 0.147. The van der Waals surface area contributed by atoms with Crippen LogP contribution in [0.2, 0.25) is 0 Å². The molecule has 4 rings (SSSR count). The number of H-pyrrole nitrogens is 2. The zero-order chi connectivity index (χ0) is 32.6. The molecule has 2 heterocycles. The highest BCUT2D eigenvalue weighted by atomic mass is 127. The van der Waals surface area contributed by atoms with Crippen molar-refractivity contribution in [2.75, 3.05) is 28.4 Å². The zero-order valence-corrected chi connectivity index (χ0v) is 28.1. The van der Waals surface area contributed by atoms with Crippen molar-refractivity contribution < 1.29 is 28.5 Å². The molecule has 16 heteroatoms. The van der Waals surface area contributed by atoms with E-state index in [1.54, 1.807) is 108 Å². The Labute approximate surface area is 291 Å². The maximum Gasteiger partial charge on any atom is 0.356 e. The van der Waals surface area contributed by atoms with Crippen molar-refractivity contribution in [2.24, 2.45) is 0 Å². The van der Waals surface area contributed by atoms with E-state index < -0.39 is 34.4 Å². The first-order chi connectivity index (χ1) is 20.9. The first kappa shape index (κ1) is 39.8. The number of aromatic nitrogens is 4. The molecule has 0 saturated carbocycles. The van der Waals surface area contributed by atoms with Gasteiger partial charge >= 0.3 is 23.3 Å². The van der Waals surface area contributed by atoms with Crippen molar-refractivity contribution in [1.29, 1.82) is 0 Å². The van der Waals surface area contributed by atoms with Gasteiger partial charge in [-0.1, -0.05) is 39.1 Å². The van der Waals surface area contributed by atoms with Crippen molar-refractivity contribution in [3.05, 3.63) is 120 Å². The van der Waals surface area contributed by atoms with Gasteiger partial charge < -0.3 is 23.9 Å². The largest absolute Gasteiger partial charge is 0.497 e. The minimum absolute atomic E-state index is 0. The lowest BCUT2D eigenvalue weighted by Crippen LogP contribution is -2.44. The average molecular weight is 864 g/mol. The van der Waals surface area contributed by atoms with E-state index in [2.05, 4.69) is 9.72 Å². The van der Waals surface area contributed by atoms with E-state index in [1.807, 2.05) is 4.98 Å². The van der Waals surface area contributed by atoms with Gasteiger partial charge in [0, 0.05) is 0 Å². The Hall–Kier alpha value is -4.20. The number of hydrogen-bond acceptors (Lipinski definition) is 10. The summed E-state index contributed by atoms with van der Waals surface area (Å²) in [5, 5.41) is 0. The van der Waals surface area contributed by atoms with Crippen LogP contribution in [-0.4, -0.2) is 59.5 Å². The lowest BCUT2D eigenvalue weighted by molar-refractivity contribution is 0.0578. The van der Waals surface area contributed by atoms with Crippen molar-refractivity contribution in [1.82, 2.24) is 19.1 Å². The third kappa shape index (κ3) is 9.41. The molecule has 0 bridgehead atoms. The first-order valence-corrected chi connectivity index (χ1v) is 14.6. The van der Waals surface area contributed by atoms with Crippen LogP contribution < -0.4 is 32.0 Å². The van der Waals surface area contributed by atoms with Crippen LogP contribution in [0.5, 0.6) is 11.5 Å². The van der Waals surface area contributed by atoms with Crippen LogP contribution in [0, 0.1) is 7.14 Å². The van der Waals surface area contributed by atoms with Gasteiger partial charge in [0.05, 0.1) is 41.5 Å². The van der Waals surface area contributed by atoms with Crippen LogP contribution in [0.3, 0.4) is 0 Å². The molecule has 0 fully saturated rings. The van der Waals surface area contributed by atoms with Crippen molar-refractivity contribution in [3.8, 4) is 11.5 Å². The number of halogens is 2. The topological polar surface area (TPSA) is 181 Å². The van der Waals surface area contributed by atoms with Crippen LogP contribution in [0.4, 0.5) is 0 Å². The molecule has 0 aliphatic heterocycles. The Kier molecular flexibility index (Phi) is 15.6. The Bertz CT molecular complexity index is 1890. The van der Waals surface area contributed by atoms with E-state index >= 15 is 0 Å². The number of nitrogens with one attached hydrogen (secondary N) is 2. The van der Waals surface area contributed by atoms with Gasteiger partial charge in [-0.05, 0) is 80.6 Å². The molecule has 0 aliphatic rings. The molecule has 0 radical (unpaired) electrons. The summed E-state index contributed by atoms with van der Waals surface area (Å²) >= 11 is 3.43. The minimum Gasteiger partial charge on any atom is -0.497 e. The highest BCUT2D eigenvalue weighted by Gasteiger charge is 2.24. The fraction of sp³-hybridized carbons (Fsp3) is 0.267. The summed E-state index contributed by atoms with van der Waals surface area (Å²) in [4.78, 5) is 75.6. The SMILES string of the molecule is C.C.COC(=O)c1[nH]c(=O)[nH]c(=O)c1I.COC(=O)c1c(I)c(=O)n(Cc2ccc(OC)cc2)c(=O)n1Cc1ccc(OC)cc1. The highest BCUT2D eigenvalue weighted by molar-refractivity contribution is 14.1. The number of rotatable bonds is 8. The summed E-state index contributed by atoms with van der Waals surface area (Å²) < 4.78 is 22.1. The van der Waals surface area contributed by atoms with Gasteiger partial charge in [0.2, 0.25) is 0 Å². The molecule has 0 atom stereocenters. The molecular weight excluding hydrogens is 830 g/mol. The fourth-order valence-electron chi connectivity index (χ4n) is 3.79. The van der Waals surface area contributed by atoms with E-state index in [1.165, 1.54) is 11.7 Å². The quantitative estimate of drug-likeness (QED) is 0.197. The molecule has 2 N–H and O–H groups in total. The Morgan fingerprint density at radius 1 is 0.674 bits per heavy atom. The molecule has 4 aromatic rings. The molecule has 0 amide bonds. The smallest absolute Gasteiger partial charge is 0.356 e. The number of hydrogen-bond donors (Lipinski definition) is 2. The van der Waals surface area contributed by atoms with Gasteiger partial charge in [0.25, 0.3) is 11.1 Å². The summed E-state index contributed by atoms with van der Waals surface area (Å²) in [6.07, 6.45) is 0. The van der Waals surface area contributed by atoms with E-state index in [0.29, 0.717) is 11.5 Å². The number of carbonyl (C=O) groups is 2. The highest BCUT2D eigenvalue weighted by Crippen LogP contribution is 2.16. The second-order valence-electron chi connectivity index (χ2n) is 8.70. The second kappa shape index (κ2) is 18.1. The van der Waals surface area contributed by atoms with Crippen molar-refractivity contribution in [3.63, 3.8) is 0 Å². The molecule has 14 nitrogen and oxygen atoms in total. The number of ether oxygens (including phenoxy) is 4. The van der Waals surface area contributed by atoms with E-state index in [0.717, 1.165) is 22.8 Å². The van der Waals surface area contributed by atoms with Crippen molar-refractivity contribution in [2.45, 2.75) is 27.9 Å². The molecule has 0 spiro atoms. The fourth-order valence-corrected chi connectivity index (χ4v) is 5.08. The number of aromatic amines is 2. The predicted octanol–water partition coefficient (Wildman–Crippen LogP) is 3.24. The zero-order valence-electron chi connectivity index (χ0n) is 23.8. The number of methoxy groups -OCH3 is 4. The Morgan fingerprint density at radius 3 is 1.57 bits per heavy atom. The van der Waals surface area contributed by atoms with Gasteiger partial charge in [-0.2, -0.15) is 0 Å². The Balaban J connectivity index is 0.000000597. The van der Waals surface area contributed by atoms with Crippen LogP contribution in [-0.2, 0) is 22.6 Å². The lowest BCUT2D eigenvalue weighted by atomic mass is 10.2. The standard InChI is InChI=1S/C22H21IN2O6.C6H5IN2O4.2CH4/c1-29-16-8-4-14(5-9-16)12-24-19(21(27)31-3)18(23)20(26)25(22(24)28)13-15-6-10-17(30-2)11-7-15;1-13-5(11)3-2(7)4(10)9-6(12)8-3;;/h4-11H,12-13H2,1-3H3;1H3,(H2,8,9,10,12);2*1H4. The third-order valence-electron chi connectivity index (χ3n) is 6.02. The van der Waals surface area contributed by atoms with Gasteiger partial charge in [0.1, 0.15) is 24.3 Å². The lowest BCUT2D eigenvalue weighted by Gasteiger charge is -2.16. The maximum atomic E-state index is 13.3. The molecule has 248 valence electrons. The maximum absolute atomic E-state index is 13.3. The van der Waals surface area contributed by atoms with Crippen LogP contribution in [0.25, 0.3) is 0 Å². The number of nitrogens with zero attached hydrogens (tertiary/aromatic N) is 2. The van der Waals surface area contributed by atoms with Gasteiger partial charge in [-0.3, -0.25) is 23.7 Å². The monoisotopic (exact) mass is 864 g/mol. The van der Waals surface area contributed by atoms with Gasteiger partial charge in [-0.15, -0.1) is 0 Å². The third-order valence-corrected chi connectivity index (χ3v) is 8.03. The van der Waals surface area contributed by atoms with E-state index in [4.69, 9.17) is 14.2 Å². The van der Waals surface area contributed by atoms with Crippen LogP contribution in [0.1, 0.15) is 47.0 Å². The minimum atomic E-state index is -0.747. The van der Waals surface area contributed by atoms with Crippen molar-refractivity contribution >= 4 is 57.1 Å². The van der Waals surface area contributed by atoms with Gasteiger partial charge in [0.15, 0.2) is 5.69 Å². The average Bonchev–Trinajstić information content (AvgIpc) is 3.03. The van der Waals surface area contributed by atoms with E-state index in [9.17, 15) is 28.8 Å². The van der Waals surface area contributed by atoms with Crippen LogP contribution in [0.15, 0.2) is 67.7 Å². The first-order valence-electron chi connectivity index (χ1n) is 12.4. The normalized spacial score (nSPS) is 9.87. The summed E-state index contributed by atoms with van der Waals surface area (Å²) in [5.41, 5.74) is -1.17. The Morgan fingerprint density at radius 2 is 1.13 bits per heavy atom. The summed E-state index contributed by atoms with van der Waals surface area (Å²) in [7, 11) is 5.50. The molecule has 2 aromatic carbocycles. The predicted molar refractivity (Wildman–Crippen MR) is 188 cm³/mol. The number of carbonyl (C=O) groups excluding carboxylic acids is 2. The molecule has 2 aromatic heterocycles. The van der Waals surface area contributed by atoms with Gasteiger partial charge in [-0.25, -0.2) is 19.2 Å². The molecule has 0 saturated heterocycles. The second-order valence-corrected chi connectivity index (χ2v) is 10.9. The van der Waals surface area contributed by atoms with E-state index in [-0.39, 0.29) is 46.5 Å². The number of benzene rings is 2. The summed E-state index contributed by atoms with van der Waals surface area (Å²) in [6, 6.07) is 14.2. The number of esters is 2. The summed E-state index contributed by atoms with van der Waals surface area (Å²) in [5.74, 6) is -0.150.